The molecule has 0 aromatic heterocycles. The van der Waals surface area contributed by atoms with Gasteiger partial charge in [0.05, 0.1) is 6.10 Å². The molecular formula is C49H104N6O2. The summed E-state index contributed by atoms with van der Waals surface area (Å²) >= 11 is 0. The van der Waals surface area contributed by atoms with Gasteiger partial charge in [0.1, 0.15) is 0 Å². The Hall–Kier alpha value is -0.320. The van der Waals surface area contributed by atoms with Gasteiger partial charge in [0.15, 0.2) is 0 Å². The van der Waals surface area contributed by atoms with Gasteiger partial charge in [0.2, 0.25) is 0 Å². The largest absolute Gasteiger partial charge is 0.381 e. The lowest BCUT2D eigenvalue weighted by molar-refractivity contribution is 0.0285. The summed E-state index contributed by atoms with van der Waals surface area (Å²) in [5.41, 5.74) is 0.429. The maximum atomic E-state index is 5.28. The van der Waals surface area contributed by atoms with Gasteiger partial charge in [0.25, 0.3) is 0 Å². The zero-order valence-corrected chi connectivity index (χ0v) is 40.0. The van der Waals surface area contributed by atoms with Crippen LogP contribution < -0.4 is 21.3 Å². The second-order valence-corrected chi connectivity index (χ2v) is 19.0. The first-order valence-corrected chi connectivity index (χ1v) is 25.2. The molecule has 8 nitrogen and oxygen atoms in total. The van der Waals surface area contributed by atoms with Gasteiger partial charge in [-0.3, -0.25) is 0 Å². The highest BCUT2D eigenvalue weighted by atomic mass is 16.5. The first-order chi connectivity index (χ1) is 27.6. The van der Waals surface area contributed by atoms with Crippen LogP contribution in [0.15, 0.2) is 0 Å². The van der Waals surface area contributed by atoms with Gasteiger partial charge in [-0.2, -0.15) is 0 Å². The first kappa shape index (κ1) is 54.7. The molecule has 342 valence electrons. The number of nitrogens with zero attached hydrogens (tertiary/aromatic N) is 2. The van der Waals surface area contributed by atoms with Crippen molar-refractivity contribution in [2.24, 2.45) is 0 Å². The number of hydrogen-bond acceptors (Lipinski definition) is 8. The lowest BCUT2D eigenvalue weighted by Gasteiger charge is -2.30. The SMILES string of the molecule is C1CCNCC1.C1CCOCC1.CC1(C)CCCCN1.CC1CCCCO1.CCN1CCCCC1.CN1CCCCC1.C[C@@H]1CCC[C@H](C)N1.C[C@H]1CCCCN1. The Morgan fingerprint density at radius 1 is 0.526 bits per heavy atom. The molecule has 0 aromatic carbocycles. The third-order valence-corrected chi connectivity index (χ3v) is 12.4. The van der Waals surface area contributed by atoms with Gasteiger partial charge in [-0.25, -0.2) is 0 Å². The van der Waals surface area contributed by atoms with E-state index in [1.54, 1.807) is 0 Å². The molecule has 0 spiro atoms. The zero-order chi connectivity index (χ0) is 41.7. The van der Waals surface area contributed by atoms with E-state index in [2.05, 4.69) is 86.6 Å². The van der Waals surface area contributed by atoms with E-state index < -0.39 is 0 Å². The van der Waals surface area contributed by atoms with Crippen LogP contribution in [0, 0.1) is 0 Å². The van der Waals surface area contributed by atoms with Crippen molar-refractivity contribution < 1.29 is 9.47 Å². The predicted molar refractivity (Wildman–Crippen MR) is 251 cm³/mol. The van der Waals surface area contributed by atoms with Gasteiger partial charge in [-0.05, 0) is 223 Å². The van der Waals surface area contributed by atoms with Crippen molar-refractivity contribution >= 4 is 0 Å². The topological polar surface area (TPSA) is 73.1 Å². The summed E-state index contributed by atoms with van der Waals surface area (Å²) in [6.07, 6.45) is 33.6. The van der Waals surface area contributed by atoms with E-state index in [1.165, 1.54) is 213 Å². The maximum Gasteiger partial charge on any atom is 0.0547 e. The van der Waals surface area contributed by atoms with E-state index >= 15 is 0 Å². The molecule has 4 atom stereocenters. The molecule has 0 aliphatic carbocycles. The van der Waals surface area contributed by atoms with Crippen molar-refractivity contribution in [2.75, 3.05) is 85.8 Å². The summed E-state index contributed by atoms with van der Waals surface area (Å²) in [5, 5.41) is 13.6. The second kappa shape index (κ2) is 38.6. The van der Waals surface area contributed by atoms with Gasteiger partial charge in [0, 0.05) is 43.5 Å². The molecule has 8 heterocycles. The van der Waals surface area contributed by atoms with Crippen LogP contribution in [0.3, 0.4) is 0 Å². The molecule has 1 unspecified atom stereocenters. The van der Waals surface area contributed by atoms with Gasteiger partial charge < -0.3 is 40.5 Å². The van der Waals surface area contributed by atoms with Crippen LogP contribution in [-0.4, -0.2) is 125 Å². The van der Waals surface area contributed by atoms with Crippen molar-refractivity contribution in [1.82, 2.24) is 31.1 Å². The fourth-order valence-electron chi connectivity index (χ4n) is 8.33. The number of likely N-dealkylation sites (tertiary alicyclic amines) is 2. The Morgan fingerprint density at radius 2 is 1.05 bits per heavy atom. The highest BCUT2D eigenvalue weighted by Crippen LogP contribution is 2.17. The van der Waals surface area contributed by atoms with Crippen LogP contribution in [-0.2, 0) is 9.47 Å². The monoisotopic (exact) mass is 809 g/mol. The number of hydrogen-bond donors (Lipinski definition) is 4. The minimum absolute atomic E-state index is 0.429. The van der Waals surface area contributed by atoms with Crippen molar-refractivity contribution in [1.29, 1.82) is 0 Å². The fourth-order valence-corrected chi connectivity index (χ4v) is 8.33. The van der Waals surface area contributed by atoms with Crippen LogP contribution in [0.1, 0.15) is 203 Å². The zero-order valence-electron chi connectivity index (χ0n) is 40.0. The third-order valence-electron chi connectivity index (χ3n) is 12.4. The van der Waals surface area contributed by atoms with Crippen LogP contribution in [0.2, 0.25) is 0 Å². The van der Waals surface area contributed by atoms with Gasteiger partial charge >= 0.3 is 0 Å². The van der Waals surface area contributed by atoms with E-state index in [-0.39, 0.29) is 0 Å². The average molecular weight is 809 g/mol. The summed E-state index contributed by atoms with van der Waals surface area (Å²) in [6.45, 7) is 30.2. The molecule has 0 saturated carbocycles. The summed E-state index contributed by atoms with van der Waals surface area (Å²) in [6, 6.07) is 2.31. The van der Waals surface area contributed by atoms with Gasteiger partial charge in [-0.1, -0.05) is 45.4 Å². The Bertz CT molecular complexity index is 713. The standard InChI is InChI=1S/3C7H15N.2C6H13N.C6H12O.C5H11N.C5H10O/c1-7(2)5-3-4-6-8-7;1-6-4-3-5-7(2)8-6;1-2-8-6-4-3-5-7-8;1-7-5-3-2-4-6-7;2*1-6-4-2-3-5-7-6;2*1-2-4-6-5-3-1/h8H,3-6H2,1-2H3;6-8H,3-5H2,1-2H3;2-7H2,1H3;2-6H2,1H3;6-7H,2-5H2,1H3;6H,2-5H2,1H3;6H,1-5H2;1-5H2/t;6-,7+;;;6-;;;/m....0.../s1. The molecule has 8 heteroatoms. The highest BCUT2D eigenvalue weighted by Gasteiger charge is 2.19. The minimum atomic E-state index is 0.429. The second-order valence-electron chi connectivity index (χ2n) is 19.0. The lowest BCUT2D eigenvalue weighted by Crippen LogP contribution is -2.42. The molecule has 0 amide bonds. The summed E-state index contributed by atoms with van der Waals surface area (Å²) in [4.78, 5) is 4.91. The molecule has 8 fully saturated rings. The quantitative estimate of drug-likeness (QED) is 0.209. The first-order valence-electron chi connectivity index (χ1n) is 25.2. The Balaban J connectivity index is 0.000000326. The molecule has 0 bridgehead atoms. The number of rotatable bonds is 1. The minimum Gasteiger partial charge on any atom is -0.381 e. The van der Waals surface area contributed by atoms with Crippen molar-refractivity contribution in [3.05, 3.63) is 0 Å². The summed E-state index contributed by atoms with van der Waals surface area (Å²) < 4.78 is 10.3. The van der Waals surface area contributed by atoms with E-state index in [0.29, 0.717) is 11.6 Å². The molecule has 0 aromatic rings. The van der Waals surface area contributed by atoms with Crippen LogP contribution in [0.5, 0.6) is 0 Å². The number of ether oxygens (including phenoxy) is 2. The normalized spacial score (nSPS) is 29.1. The van der Waals surface area contributed by atoms with Crippen LogP contribution in [0.25, 0.3) is 0 Å². The molecule has 8 rings (SSSR count). The molecule has 0 radical (unpaired) electrons. The Kier molecular flexibility index (Phi) is 37.0. The summed E-state index contributed by atoms with van der Waals surface area (Å²) in [7, 11) is 2.19. The lowest BCUT2D eigenvalue weighted by atomic mass is 9.93. The Labute approximate surface area is 357 Å². The van der Waals surface area contributed by atoms with Crippen molar-refractivity contribution in [3.63, 3.8) is 0 Å². The predicted octanol–water partition coefficient (Wildman–Crippen LogP) is 10.3. The van der Waals surface area contributed by atoms with Crippen molar-refractivity contribution in [3.8, 4) is 0 Å². The fraction of sp³-hybridized carbons (Fsp3) is 1.00. The molecular weight excluding hydrogens is 705 g/mol. The molecule has 8 aliphatic heterocycles. The van der Waals surface area contributed by atoms with Crippen molar-refractivity contribution in [2.45, 2.75) is 232 Å². The number of piperidine rings is 6. The molecule has 4 N–H and O–H groups in total. The average Bonchev–Trinajstić information content (AvgIpc) is 3.25. The van der Waals surface area contributed by atoms with E-state index in [0.717, 1.165) is 37.9 Å². The Morgan fingerprint density at radius 3 is 1.30 bits per heavy atom. The van der Waals surface area contributed by atoms with E-state index in [1.807, 2.05) is 0 Å². The van der Waals surface area contributed by atoms with E-state index in [4.69, 9.17) is 9.47 Å². The van der Waals surface area contributed by atoms with Crippen LogP contribution in [0.4, 0.5) is 0 Å². The molecule has 8 saturated heterocycles. The van der Waals surface area contributed by atoms with E-state index in [9.17, 15) is 0 Å². The molecule has 57 heavy (non-hydrogen) atoms. The van der Waals surface area contributed by atoms with Gasteiger partial charge in [-0.15, -0.1) is 0 Å². The molecule has 8 aliphatic rings. The maximum absolute atomic E-state index is 5.28. The van der Waals surface area contributed by atoms with Crippen LogP contribution >= 0.6 is 0 Å². The summed E-state index contributed by atoms with van der Waals surface area (Å²) in [5.74, 6) is 0. The third kappa shape index (κ3) is 37.2. The highest BCUT2D eigenvalue weighted by molar-refractivity contribution is 4.80. The smallest absolute Gasteiger partial charge is 0.0547 e. The number of nitrogens with one attached hydrogen (secondary N) is 4.